The molecule has 106 valence electrons. The smallest absolute Gasteiger partial charge is 0.0910 e. The maximum absolute atomic E-state index is 5.91. The largest absolute Gasteiger partial charge is 0.374 e. The van der Waals surface area contributed by atoms with Crippen LogP contribution >= 0.6 is 0 Å². The minimum absolute atomic E-state index is 0.00615. The Morgan fingerprint density at radius 1 is 1.63 bits per heavy atom. The van der Waals surface area contributed by atoms with Crippen LogP contribution in [0.5, 0.6) is 0 Å². The zero-order valence-corrected chi connectivity index (χ0v) is 11.8. The van der Waals surface area contributed by atoms with E-state index in [0.29, 0.717) is 0 Å². The summed E-state index contributed by atoms with van der Waals surface area (Å²) < 4.78 is 5.91. The van der Waals surface area contributed by atoms with Gasteiger partial charge in [0.25, 0.3) is 0 Å². The van der Waals surface area contributed by atoms with Crippen LogP contribution in [0.25, 0.3) is 0 Å². The zero-order chi connectivity index (χ0) is 13.7. The van der Waals surface area contributed by atoms with Gasteiger partial charge in [-0.15, -0.1) is 0 Å². The van der Waals surface area contributed by atoms with Crippen LogP contribution in [0.2, 0.25) is 0 Å². The number of hydrazine groups is 1. The second-order valence-electron chi connectivity index (χ2n) is 5.09. The Labute approximate surface area is 115 Å². The molecular weight excluding hydrogens is 240 g/mol. The van der Waals surface area contributed by atoms with Crippen molar-refractivity contribution in [3.63, 3.8) is 0 Å². The van der Waals surface area contributed by atoms with Crippen molar-refractivity contribution in [2.24, 2.45) is 5.84 Å². The van der Waals surface area contributed by atoms with Gasteiger partial charge in [0.2, 0.25) is 0 Å². The highest BCUT2D eigenvalue weighted by Gasteiger charge is 2.29. The topological polar surface area (TPSA) is 63.4 Å². The number of rotatable bonds is 5. The van der Waals surface area contributed by atoms with E-state index in [-0.39, 0.29) is 12.1 Å². The van der Waals surface area contributed by atoms with Gasteiger partial charge in [-0.3, -0.25) is 21.2 Å². The van der Waals surface area contributed by atoms with Gasteiger partial charge in [-0.1, -0.05) is 6.92 Å². The second kappa shape index (κ2) is 6.96. The van der Waals surface area contributed by atoms with Gasteiger partial charge in [0.05, 0.1) is 18.8 Å². The van der Waals surface area contributed by atoms with Gasteiger partial charge in [-0.2, -0.15) is 0 Å². The molecule has 1 fully saturated rings. The van der Waals surface area contributed by atoms with Gasteiger partial charge < -0.3 is 4.74 Å². The van der Waals surface area contributed by atoms with E-state index < -0.39 is 0 Å². The summed E-state index contributed by atoms with van der Waals surface area (Å²) in [6.07, 6.45) is 4.92. The van der Waals surface area contributed by atoms with Crippen molar-refractivity contribution in [2.45, 2.75) is 32.4 Å². The van der Waals surface area contributed by atoms with Crippen LogP contribution in [-0.4, -0.2) is 42.2 Å². The quantitative estimate of drug-likeness (QED) is 0.614. The second-order valence-corrected chi connectivity index (χ2v) is 5.09. The number of pyridine rings is 1. The normalized spacial score (nSPS) is 22.4. The summed E-state index contributed by atoms with van der Waals surface area (Å²) in [6.45, 7) is 8.08. The highest BCUT2D eigenvalue weighted by atomic mass is 16.5. The number of nitrogens with zero attached hydrogens (tertiary/aromatic N) is 2. The molecule has 5 heteroatoms. The molecule has 2 heterocycles. The standard InChI is InChI=1S/C14H24N4O/c1-3-6-18-7-8-19-13(10-18)14(17-15)12-9-16-5-4-11(12)2/h4-5,9,13-14,17H,3,6-8,10,15H2,1-2H3. The molecule has 0 radical (unpaired) electrons. The van der Waals surface area contributed by atoms with Crippen molar-refractivity contribution in [1.82, 2.24) is 15.3 Å². The first-order chi connectivity index (χ1) is 9.26. The van der Waals surface area contributed by atoms with E-state index in [1.54, 1.807) is 6.20 Å². The van der Waals surface area contributed by atoms with E-state index >= 15 is 0 Å². The van der Waals surface area contributed by atoms with Crippen molar-refractivity contribution < 1.29 is 4.74 Å². The summed E-state index contributed by atoms with van der Waals surface area (Å²) in [5.74, 6) is 5.75. The van der Waals surface area contributed by atoms with E-state index in [0.717, 1.165) is 31.8 Å². The maximum Gasteiger partial charge on any atom is 0.0910 e. The molecule has 0 bridgehead atoms. The minimum atomic E-state index is -0.00615. The lowest BCUT2D eigenvalue weighted by Crippen LogP contribution is -2.49. The molecule has 0 spiro atoms. The van der Waals surface area contributed by atoms with E-state index in [9.17, 15) is 0 Å². The predicted octanol–water partition coefficient (Wildman–Crippen LogP) is 1.01. The molecule has 0 aromatic carbocycles. The molecule has 3 N–H and O–H groups in total. The van der Waals surface area contributed by atoms with Crippen LogP contribution in [-0.2, 0) is 4.74 Å². The third-order valence-electron chi connectivity index (χ3n) is 3.68. The fourth-order valence-electron chi connectivity index (χ4n) is 2.65. The average Bonchev–Trinajstić information content (AvgIpc) is 2.43. The van der Waals surface area contributed by atoms with Crippen LogP contribution in [0, 0.1) is 6.92 Å². The SMILES string of the molecule is CCCN1CCOC(C(NN)c2cnccc2C)C1. The fraction of sp³-hybridized carbons (Fsp3) is 0.643. The number of aryl methyl sites for hydroxylation is 1. The first kappa shape index (κ1) is 14.4. The van der Waals surface area contributed by atoms with Gasteiger partial charge in [-0.05, 0) is 37.1 Å². The number of nitrogens with one attached hydrogen (secondary N) is 1. The highest BCUT2D eigenvalue weighted by molar-refractivity contribution is 5.26. The summed E-state index contributed by atoms with van der Waals surface area (Å²) in [4.78, 5) is 6.63. The van der Waals surface area contributed by atoms with Crippen LogP contribution in [0.1, 0.15) is 30.5 Å². The van der Waals surface area contributed by atoms with E-state index in [1.165, 1.54) is 12.0 Å². The molecule has 1 aromatic rings. The number of hydrogen-bond acceptors (Lipinski definition) is 5. The van der Waals surface area contributed by atoms with Crippen LogP contribution in [0.3, 0.4) is 0 Å². The number of nitrogens with two attached hydrogens (primary N) is 1. The molecular formula is C14H24N4O. The van der Waals surface area contributed by atoms with Gasteiger partial charge in [0, 0.05) is 25.5 Å². The highest BCUT2D eigenvalue weighted by Crippen LogP contribution is 2.23. The lowest BCUT2D eigenvalue weighted by atomic mass is 9.98. The van der Waals surface area contributed by atoms with E-state index in [1.807, 2.05) is 12.3 Å². The van der Waals surface area contributed by atoms with Gasteiger partial charge in [0.1, 0.15) is 0 Å². The van der Waals surface area contributed by atoms with Crippen molar-refractivity contribution in [2.75, 3.05) is 26.2 Å². The number of aromatic nitrogens is 1. The average molecular weight is 264 g/mol. The fourth-order valence-corrected chi connectivity index (χ4v) is 2.65. The molecule has 5 nitrogen and oxygen atoms in total. The summed E-state index contributed by atoms with van der Waals surface area (Å²) in [5, 5.41) is 0. The summed E-state index contributed by atoms with van der Waals surface area (Å²) >= 11 is 0. The van der Waals surface area contributed by atoms with E-state index in [4.69, 9.17) is 10.6 Å². The molecule has 0 saturated carbocycles. The van der Waals surface area contributed by atoms with Crippen molar-refractivity contribution in [3.8, 4) is 0 Å². The molecule has 0 aliphatic carbocycles. The van der Waals surface area contributed by atoms with Crippen molar-refractivity contribution >= 4 is 0 Å². The minimum Gasteiger partial charge on any atom is -0.374 e. The molecule has 2 rings (SSSR count). The number of hydrogen-bond donors (Lipinski definition) is 2. The molecule has 1 saturated heterocycles. The first-order valence-electron chi connectivity index (χ1n) is 6.96. The molecule has 2 unspecified atom stereocenters. The molecule has 1 aliphatic rings. The molecule has 19 heavy (non-hydrogen) atoms. The Bertz CT molecular complexity index is 397. The first-order valence-corrected chi connectivity index (χ1v) is 6.96. The van der Waals surface area contributed by atoms with Crippen molar-refractivity contribution in [1.29, 1.82) is 0 Å². The predicted molar refractivity (Wildman–Crippen MR) is 75.5 cm³/mol. The molecule has 1 aromatic heterocycles. The monoisotopic (exact) mass is 264 g/mol. The van der Waals surface area contributed by atoms with Crippen LogP contribution in [0.15, 0.2) is 18.5 Å². The van der Waals surface area contributed by atoms with Crippen LogP contribution < -0.4 is 11.3 Å². The summed E-state index contributed by atoms with van der Waals surface area (Å²) in [6, 6.07) is 2.00. The molecule has 1 aliphatic heterocycles. The van der Waals surface area contributed by atoms with Crippen molar-refractivity contribution in [3.05, 3.63) is 29.6 Å². The van der Waals surface area contributed by atoms with Gasteiger partial charge in [-0.25, -0.2) is 0 Å². The summed E-state index contributed by atoms with van der Waals surface area (Å²) in [5.41, 5.74) is 5.21. The lowest BCUT2D eigenvalue weighted by Gasteiger charge is -2.37. The van der Waals surface area contributed by atoms with Gasteiger partial charge in [0.15, 0.2) is 0 Å². The Morgan fingerprint density at radius 2 is 2.47 bits per heavy atom. The van der Waals surface area contributed by atoms with E-state index in [2.05, 4.69) is 29.2 Å². The summed E-state index contributed by atoms with van der Waals surface area (Å²) in [7, 11) is 0. The molecule has 2 atom stereocenters. The van der Waals surface area contributed by atoms with Gasteiger partial charge >= 0.3 is 0 Å². The molecule has 0 amide bonds. The third-order valence-corrected chi connectivity index (χ3v) is 3.68. The third kappa shape index (κ3) is 3.51. The Kier molecular flexibility index (Phi) is 5.27. The lowest BCUT2D eigenvalue weighted by molar-refractivity contribution is -0.0472. The van der Waals surface area contributed by atoms with Crippen LogP contribution in [0.4, 0.5) is 0 Å². The Balaban J connectivity index is 2.11. The maximum atomic E-state index is 5.91. The zero-order valence-electron chi connectivity index (χ0n) is 11.8. The number of ether oxygens (including phenoxy) is 1. The Hall–Kier alpha value is -1.01. The number of morpholine rings is 1. The Morgan fingerprint density at radius 3 is 3.16 bits per heavy atom.